The van der Waals surface area contributed by atoms with Gasteiger partial charge in [0.05, 0.1) is 5.69 Å². The van der Waals surface area contributed by atoms with Crippen molar-refractivity contribution in [3.63, 3.8) is 0 Å². The molecule has 1 aromatic rings. The zero-order valence-electron chi connectivity index (χ0n) is 8.60. The molecule has 2 rings (SSSR count). The Morgan fingerprint density at radius 1 is 1.31 bits per heavy atom. The third-order valence-corrected chi connectivity index (χ3v) is 4.02. The minimum Gasteiger partial charge on any atom is -0.314 e. The molecule has 4 nitrogen and oxygen atoms in total. The van der Waals surface area contributed by atoms with Gasteiger partial charge in [-0.1, -0.05) is 12.1 Å². The Labute approximate surface area is 98.2 Å². The Morgan fingerprint density at radius 2 is 2.00 bits per heavy atom. The fourth-order valence-corrected chi connectivity index (χ4v) is 2.99. The summed E-state index contributed by atoms with van der Waals surface area (Å²) in [5.41, 5.74) is 1.25. The minimum atomic E-state index is -3.82. The summed E-state index contributed by atoms with van der Waals surface area (Å²) >= 11 is 0. The molecule has 0 N–H and O–H groups in total. The number of benzene rings is 1. The Bertz CT molecular complexity index is 553. The molecule has 0 bridgehead atoms. The average molecular weight is 260 g/mol. The van der Waals surface area contributed by atoms with Gasteiger partial charge in [0.2, 0.25) is 5.91 Å². The topological polar surface area (TPSA) is 54.5 Å². The fraction of sp³-hybridized carbons (Fsp3) is 0.300. The molecule has 0 spiro atoms. The first kappa shape index (κ1) is 11.4. The number of para-hydroxylation sites is 1. The molecule has 16 heavy (non-hydrogen) atoms. The maximum Gasteiger partial charge on any atom is 0.263 e. The van der Waals surface area contributed by atoms with E-state index in [1.165, 1.54) is 11.0 Å². The number of anilines is 1. The molecule has 0 aliphatic carbocycles. The first-order valence-electron chi connectivity index (χ1n) is 4.74. The summed E-state index contributed by atoms with van der Waals surface area (Å²) in [4.78, 5) is 12.9. The second-order valence-corrected chi connectivity index (χ2v) is 6.19. The SMILES string of the molecule is CN1C(=O)CCc2cccc(S(=O)(=O)Cl)c21. The van der Waals surface area contributed by atoms with Crippen LogP contribution in [0.15, 0.2) is 23.1 Å². The maximum atomic E-state index is 11.5. The molecule has 0 radical (unpaired) electrons. The summed E-state index contributed by atoms with van der Waals surface area (Å²) in [6.07, 6.45) is 0.952. The predicted octanol–water partition coefficient (Wildman–Crippen LogP) is 1.52. The van der Waals surface area contributed by atoms with Crippen molar-refractivity contribution in [3.8, 4) is 0 Å². The van der Waals surface area contributed by atoms with Gasteiger partial charge in [-0.15, -0.1) is 0 Å². The van der Waals surface area contributed by atoms with Crippen LogP contribution in [0.5, 0.6) is 0 Å². The smallest absolute Gasteiger partial charge is 0.263 e. The molecule has 1 amide bonds. The highest BCUT2D eigenvalue weighted by molar-refractivity contribution is 8.13. The molecule has 0 saturated carbocycles. The molecular formula is C10H10ClNO3S. The molecule has 0 unspecified atom stereocenters. The van der Waals surface area contributed by atoms with Crippen molar-refractivity contribution in [2.75, 3.05) is 11.9 Å². The lowest BCUT2D eigenvalue weighted by Gasteiger charge is -2.27. The van der Waals surface area contributed by atoms with Gasteiger partial charge < -0.3 is 4.90 Å². The fourth-order valence-electron chi connectivity index (χ4n) is 1.88. The quantitative estimate of drug-likeness (QED) is 0.719. The first-order valence-corrected chi connectivity index (χ1v) is 7.05. The van der Waals surface area contributed by atoms with Crippen molar-refractivity contribution in [1.82, 2.24) is 0 Å². The van der Waals surface area contributed by atoms with Crippen molar-refractivity contribution in [2.45, 2.75) is 17.7 Å². The second-order valence-electron chi connectivity index (χ2n) is 3.65. The molecule has 6 heteroatoms. The van der Waals surface area contributed by atoms with Gasteiger partial charge in [-0.05, 0) is 18.1 Å². The Balaban J connectivity index is 2.71. The zero-order chi connectivity index (χ0) is 11.9. The van der Waals surface area contributed by atoms with E-state index in [0.717, 1.165) is 5.56 Å². The number of halogens is 1. The molecule has 0 saturated heterocycles. The van der Waals surface area contributed by atoms with E-state index in [9.17, 15) is 13.2 Å². The highest BCUT2D eigenvalue weighted by Crippen LogP contribution is 2.34. The monoisotopic (exact) mass is 259 g/mol. The summed E-state index contributed by atoms with van der Waals surface area (Å²) in [6.45, 7) is 0. The van der Waals surface area contributed by atoms with Crippen LogP contribution in [0.2, 0.25) is 0 Å². The lowest BCUT2D eigenvalue weighted by molar-refractivity contribution is -0.118. The number of amides is 1. The number of aryl methyl sites for hydroxylation is 1. The van der Waals surface area contributed by atoms with Crippen molar-refractivity contribution in [3.05, 3.63) is 23.8 Å². The zero-order valence-corrected chi connectivity index (χ0v) is 10.2. The van der Waals surface area contributed by atoms with Crippen molar-refractivity contribution < 1.29 is 13.2 Å². The Morgan fingerprint density at radius 3 is 2.62 bits per heavy atom. The van der Waals surface area contributed by atoms with Crippen LogP contribution in [0.3, 0.4) is 0 Å². The lowest BCUT2D eigenvalue weighted by atomic mass is 10.0. The summed E-state index contributed by atoms with van der Waals surface area (Å²) in [7, 11) is 3.08. The summed E-state index contributed by atoms with van der Waals surface area (Å²) in [5.74, 6) is -0.0970. The second kappa shape index (κ2) is 3.75. The number of carbonyl (C=O) groups excluding carboxylic acids is 1. The van der Waals surface area contributed by atoms with E-state index in [2.05, 4.69) is 0 Å². The van der Waals surface area contributed by atoms with E-state index in [-0.39, 0.29) is 10.8 Å². The van der Waals surface area contributed by atoms with Crippen LogP contribution in [0.25, 0.3) is 0 Å². The van der Waals surface area contributed by atoms with E-state index in [1.54, 1.807) is 13.1 Å². The van der Waals surface area contributed by atoms with Crippen LogP contribution in [0.1, 0.15) is 12.0 Å². The molecule has 0 aromatic heterocycles. The number of carbonyl (C=O) groups is 1. The molecule has 0 fully saturated rings. The number of hydrogen-bond donors (Lipinski definition) is 0. The van der Waals surface area contributed by atoms with E-state index >= 15 is 0 Å². The molecule has 86 valence electrons. The Kier molecular flexibility index (Phi) is 2.67. The van der Waals surface area contributed by atoms with Gasteiger partial charge >= 0.3 is 0 Å². The van der Waals surface area contributed by atoms with Crippen LogP contribution in [-0.2, 0) is 20.3 Å². The summed E-state index contributed by atoms with van der Waals surface area (Å²) in [5, 5.41) is 0. The minimum absolute atomic E-state index is 0.00205. The van der Waals surface area contributed by atoms with E-state index in [4.69, 9.17) is 10.7 Å². The number of rotatable bonds is 1. The first-order chi connectivity index (χ1) is 7.41. The summed E-state index contributed by atoms with van der Waals surface area (Å²) in [6, 6.07) is 4.86. The van der Waals surface area contributed by atoms with Gasteiger partial charge in [0.25, 0.3) is 9.05 Å². The van der Waals surface area contributed by atoms with Gasteiger partial charge in [-0.2, -0.15) is 0 Å². The van der Waals surface area contributed by atoms with Crippen LogP contribution < -0.4 is 4.90 Å². The number of hydrogen-bond acceptors (Lipinski definition) is 3. The van der Waals surface area contributed by atoms with Gasteiger partial charge in [0, 0.05) is 24.2 Å². The van der Waals surface area contributed by atoms with Crippen LogP contribution >= 0.6 is 10.7 Å². The Hall–Kier alpha value is -1.07. The van der Waals surface area contributed by atoms with Crippen LogP contribution in [0, 0.1) is 0 Å². The van der Waals surface area contributed by atoms with Crippen molar-refractivity contribution in [2.24, 2.45) is 0 Å². The average Bonchev–Trinajstić information content (AvgIpc) is 2.21. The van der Waals surface area contributed by atoms with Crippen molar-refractivity contribution in [1.29, 1.82) is 0 Å². The van der Waals surface area contributed by atoms with Crippen molar-refractivity contribution >= 4 is 31.3 Å². The highest BCUT2D eigenvalue weighted by atomic mass is 35.7. The van der Waals surface area contributed by atoms with Gasteiger partial charge in [-0.3, -0.25) is 4.79 Å². The van der Waals surface area contributed by atoms with Gasteiger partial charge in [0.15, 0.2) is 0 Å². The van der Waals surface area contributed by atoms with Gasteiger partial charge in [0.1, 0.15) is 4.90 Å². The van der Waals surface area contributed by atoms with Crippen LogP contribution in [0.4, 0.5) is 5.69 Å². The normalized spacial score (nSPS) is 16.1. The van der Waals surface area contributed by atoms with E-state index in [0.29, 0.717) is 18.5 Å². The standard InChI is InChI=1S/C10H10ClNO3S/c1-12-9(13)6-5-7-3-2-4-8(10(7)12)16(11,14)15/h2-4H,5-6H2,1H3. The molecule has 1 aliphatic rings. The van der Waals surface area contributed by atoms with Gasteiger partial charge in [-0.25, -0.2) is 8.42 Å². The third kappa shape index (κ3) is 1.81. The molecule has 1 aliphatic heterocycles. The largest absolute Gasteiger partial charge is 0.314 e. The third-order valence-electron chi connectivity index (χ3n) is 2.66. The number of fused-ring (bicyclic) bond motifs is 1. The van der Waals surface area contributed by atoms with E-state index in [1.807, 2.05) is 6.07 Å². The maximum absolute atomic E-state index is 11.5. The molecular weight excluding hydrogens is 250 g/mol. The highest BCUT2D eigenvalue weighted by Gasteiger charge is 2.27. The van der Waals surface area contributed by atoms with Crippen LogP contribution in [-0.4, -0.2) is 21.4 Å². The molecule has 1 aromatic carbocycles. The molecule has 1 heterocycles. The van der Waals surface area contributed by atoms with E-state index < -0.39 is 9.05 Å². The predicted molar refractivity (Wildman–Crippen MR) is 61.2 cm³/mol. The number of nitrogens with zero attached hydrogens (tertiary/aromatic N) is 1. The summed E-state index contributed by atoms with van der Waals surface area (Å²) < 4.78 is 22.8. The lowest BCUT2D eigenvalue weighted by Crippen LogP contribution is -2.32. The molecule has 0 atom stereocenters.